The van der Waals surface area contributed by atoms with E-state index in [0.29, 0.717) is 33.7 Å². The first-order chi connectivity index (χ1) is 15.1. The molecule has 0 spiro atoms. The predicted molar refractivity (Wildman–Crippen MR) is 116 cm³/mol. The van der Waals surface area contributed by atoms with Gasteiger partial charge in [-0.25, -0.2) is 4.98 Å². The summed E-state index contributed by atoms with van der Waals surface area (Å²) < 4.78 is 5.36. The molecule has 4 rings (SSSR count). The number of fused-ring (bicyclic) bond motifs is 1. The van der Waals surface area contributed by atoms with Crippen molar-refractivity contribution in [3.05, 3.63) is 58.4 Å². The summed E-state index contributed by atoms with van der Waals surface area (Å²) in [6.45, 7) is 4.93. The van der Waals surface area contributed by atoms with Gasteiger partial charge in [-0.3, -0.25) is 20.0 Å². The minimum atomic E-state index is -0.457. The fourth-order valence-electron chi connectivity index (χ4n) is 3.42. The molecule has 1 aliphatic rings. The molecule has 0 radical (unpaired) electrons. The van der Waals surface area contributed by atoms with Gasteiger partial charge < -0.3 is 15.4 Å². The monoisotopic (exact) mass is 419 g/mol. The van der Waals surface area contributed by atoms with E-state index in [4.69, 9.17) is 4.74 Å². The van der Waals surface area contributed by atoms with Gasteiger partial charge in [-0.2, -0.15) is 5.26 Å². The van der Waals surface area contributed by atoms with Crippen LogP contribution in [0.15, 0.2) is 42.7 Å². The fourth-order valence-corrected chi connectivity index (χ4v) is 3.42. The Morgan fingerprint density at radius 2 is 2.06 bits per heavy atom. The highest BCUT2D eigenvalue weighted by Crippen LogP contribution is 2.31. The summed E-state index contributed by atoms with van der Waals surface area (Å²) in [5.41, 5.74) is 1.97. The Bertz CT molecular complexity index is 1140. The molecule has 0 aliphatic carbocycles. The minimum Gasteiger partial charge on any atom is -0.379 e. The van der Waals surface area contributed by atoms with Gasteiger partial charge in [-0.05, 0) is 12.1 Å². The first-order valence-corrected chi connectivity index (χ1v) is 9.88. The number of nitrogens with one attached hydrogen (secondary N) is 2. The molecular weight excluding hydrogens is 398 g/mol. The maximum absolute atomic E-state index is 11.1. The zero-order valence-electron chi connectivity index (χ0n) is 16.7. The summed E-state index contributed by atoms with van der Waals surface area (Å²) in [7, 11) is 0. The highest BCUT2D eigenvalue weighted by atomic mass is 16.6. The van der Waals surface area contributed by atoms with Gasteiger partial charge in [0.15, 0.2) is 0 Å². The second-order valence-corrected chi connectivity index (χ2v) is 7.06. The number of non-ortho nitro benzene ring substituents is 1. The van der Waals surface area contributed by atoms with Crippen LogP contribution in [-0.4, -0.2) is 59.2 Å². The molecule has 31 heavy (non-hydrogen) atoms. The molecule has 0 atom stereocenters. The lowest BCUT2D eigenvalue weighted by atomic mass is 10.1. The van der Waals surface area contributed by atoms with Crippen LogP contribution in [0.4, 0.5) is 22.9 Å². The Morgan fingerprint density at radius 3 is 2.84 bits per heavy atom. The van der Waals surface area contributed by atoms with Gasteiger partial charge in [-0.15, -0.1) is 0 Å². The molecule has 2 aromatic heterocycles. The summed E-state index contributed by atoms with van der Waals surface area (Å²) in [4.78, 5) is 21.7. The zero-order valence-corrected chi connectivity index (χ0v) is 16.7. The van der Waals surface area contributed by atoms with Crippen molar-refractivity contribution in [2.75, 3.05) is 50.0 Å². The molecular formula is C21H21N7O3. The summed E-state index contributed by atoms with van der Waals surface area (Å²) in [6, 6.07) is 10.1. The molecule has 3 aromatic rings. The average molecular weight is 419 g/mol. The first-order valence-electron chi connectivity index (χ1n) is 9.88. The van der Waals surface area contributed by atoms with E-state index in [1.165, 1.54) is 18.3 Å². The molecule has 10 heteroatoms. The van der Waals surface area contributed by atoms with Crippen molar-refractivity contribution in [1.82, 2.24) is 14.9 Å². The standard InChI is InChI=1S/C21H21N7O3/c22-12-15-13-24-19-14-25-20(23-4-5-27-6-8-31-9-7-27)11-18(19)21(15)26-16-2-1-3-17(10-16)28(29)30/h1-3,10-11,13-14H,4-9H2,(H,23,25)(H,24,26). The van der Waals surface area contributed by atoms with Crippen LogP contribution in [0.3, 0.4) is 0 Å². The van der Waals surface area contributed by atoms with Crippen LogP contribution in [0.25, 0.3) is 10.9 Å². The summed E-state index contributed by atoms with van der Waals surface area (Å²) in [5, 5.41) is 27.8. The Morgan fingerprint density at radius 1 is 1.23 bits per heavy atom. The molecule has 158 valence electrons. The van der Waals surface area contributed by atoms with Gasteiger partial charge in [0.25, 0.3) is 5.69 Å². The zero-order chi connectivity index (χ0) is 21.6. The first kappa shape index (κ1) is 20.5. The summed E-state index contributed by atoms with van der Waals surface area (Å²) in [6.07, 6.45) is 3.11. The highest BCUT2D eigenvalue weighted by molar-refractivity contribution is 5.96. The molecule has 1 fully saturated rings. The number of hydrogen-bond acceptors (Lipinski definition) is 9. The molecule has 0 bridgehead atoms. The van der Waals surface area contributed by atoms with Crippen LogP contribution in [0, 0.1) is 21.4 Å². The van der Waals surface area contributed by atoms with E-state index >= 15 is 0 Å². The number of nitro groups is 1. The quantitative estimate of drug-likeness (QED) is 0.438. The third kappa shape index (κ3) is 4.85. The lowest BCUT2D eigenvalue weighted by molar-refractivity contribution is -0.384. The van der Waals surface area contributed by atoms with E-state index in [2.05, 4.69) is 31.6 Å². The smallest absolute Gasteiger partial charge is 0.271 e. The summed E-state index contributed by atoms with van der Waals surface area (Å²) in [5.74, 6) is 0.666. The number of nitrogens with zero attached hydrogens (tertiary/aromatic N) is 5. The van der Waals surface area contributed by atoms with Gasteiger partial charge in [0, 0.05) is 55.6 Å². The Balaban J connectivity index is 1.59. The Kier molecular flexibility index (Phi) is 6.16. The molecule has 1 saturated heterocycles. The van der Waals surface area contributed by atoms with Crippen LogP contribution in [-0.2, 0) is 4.74 Å². The second kappa shape index (κ2) is 9.34. The lowest BCUT2D eigenvalue weighted by Gasteiger charge is -2.26. The minimum absolute atomic E-state index is 0.0333. The third-order valence-corrected chi connectivity index (χ3v) is 5.04. The third-order valence-electron chi connectivity index (χ3n) is 5.04. The van der Waals surface area contributed by atoms with Gasteiger partial charge in [0.05, 0.1) is 41.1 Å². The number of ether oxygens (including phenoxy) is 1. The van der Waals surface area contributed by atoms with Crippen molar-refractivity contribution in [3.8, 4) is 6.07 Å². The van der Waals surface area contributed by atoms with Crippen molar-refractivity contribution >= 4 is 33.8 Å². The maximum Gasteiger partial charge on any atom is 0.271 e. The van der Waals surface area contributed by atoms with Gasteiger partial charge in [0.1, 0.15) is 11.9 Å². The normalized spacial score (nSPS) is 14.2. The van der Waals surface area contributed by atoms with Gasteiger partial charge in [-0.1, -0.05) is 6.07 Å². The van der Waals surface area contributed by atoms with Crippen molar-refractivity contribution < 1.29 is 9.66 Å². The Hall–Kier alpha value is -3.81. The van der Waals surface area contributed by atoms with Gasteiger partial charge in [0.2, 0.25) is 0 Å². The van der Waals surface area contributed by atoms with E-state index in [-0.39, 0.29) is 5.69 Å². The number of morpholine rings is 1. The molecule has 2 N–H and O–H groups in total. The van der Waals surface area contributed by atoms with E-state index < -0.39 is 4.92 Å². The summed E-state index contributed by atoms with van der Waals surface area (Å²) >= 11 is 0. The number of aromatic nitrogens is 2. The van der Waals surface area contributed by atoms with Crippen LogP contribution in [0.2, 0.25) is 0 Å². The van der Waals surface area contributed by atoms with Crippen molar-refractivity contribution in [1.29, 1.82) is 5.26 Å². The van der Waals surface area contributed by atoms with Crippen LogP contribution < -0.4 is 10.6 Å². The molecule has 1 aromatic carbocycles. The predicted octanol–water partition coefficient (Wildman–Crippen LogP) is 2.90. The average Bonchev–Trinajstić information content (AvgIpc) is 2.80. The number of rotatable bonds is 7. The van der Waals surface area contributed by atoms with Crippen LogP contribution in [0.5, 0.6) is 0 Å². The molecule has 3 heterocycles. The maximum atomic E-state index is 11.1. The Labute approximate surface area is 178 Å². The van der Waals surface area contributed by atoms with Gasteiger partial charge >= 0.3 is 0 Å². The van der Waals surface area contributed by atoms with Crippen molar-refractivity contribution in [2.24, 2.45) is 0 Å². The number of hydrogen-bond donors (Lipinski definition) is 2. The molecule has 1 aliphatic heterocycles. The topological polar surface area (TPSA) is 129 Å². The highest BCUT2D eigenvalue weighted by Gasteiger charge is 2.13. The number of anilines is 3. The fraction of sp³-hybridized carbons (Fsp3) is 0.286. The lowest BCUT2D eigenvalue weighted by Crippen LogP contribution is -2.39. The largest absolute Gasteiger partial charge is 0.379 e. The number of pyridine rings is 2. The molecule has 0 unspecified atom stereocenters. The van der Waals surface area contributed by atoms with Crippen LogP contribution >= 0.6 is 0 Å². The van der Waals surface area contributed by atoms with Crippen molar-refractivity contribution in [2.45, 2.75) is 0 Å². The molecule has 0 amide bonds. The van der Waals surface area contributed by atoms with Crippen LogP contribution in [0.1, 0.15) is 5.56 Å². The van der Waals surface area contributed by atoms with E-state index in [9.17, 15) is 15.4 Å². The molecule has 0 saturated carbocycles. The van der Waals surface area contributed by atoms with E-state index in [1.807, 2.05) is 6.07 Å². The SMILES string of the molecule is N#Cc1cnc2cnc(NCCN3CCOCC3)cc2c1Nc1cccc([N+](=O)[O-])c1. The number of nitro benzene ring substituents is 1. The number of nitriles is 1. The van der Waals surface area contributed by atoms with Crippen molar-refractivity contribution in [3.63, 3.8) is 0 Å². The van der Waals surface area contributed by atoms with E-state index in [1.54, 1.807) is 18.3 Å². The second-order valence-electron chi connectivity index (χ2n) is 7.06. The van der Waals surface area contributed by atoms with E-state index in [0.717, 1.165) is 39.4 Å². The number of benzene rings is 1. The molecule has 10 nitrogen and oxygen atoms in total.